The Morgan fingerprint density at radius 3 is 2.83 bits per heavy atom. The fraction of sp³-hybridized carbons (Fsp3) is 0.294. The zero-order valence-corrected chi connectivity index (χ0v) is 12.8. The van der Waals surface area contributed by atoms with Gasteiger partial charge in [-0.05, 0) is 31.0 Å². The van der Waals surface area contributed by atoms with Crippen LogP contribution in [0.2, 0.25) is 0 Å². The van der Waals surface area contributed by atoms with Gasteiger partial charge in [-0.25, -0.2) is 4.39 Å². The van der Waals surface area contributed by atoms with Crippen LogP contribution >= 0.6 is 0 Å². The first-order valence-electron chi connectivity index (χ1n) is 7.67. The standard InChI is InChI=1S/C17H19FN4O/c18-14-4-3-5-16(22-8-1-2-9-22)12(14)11-21-15-6-7-20-10-13(15)17(19)23/h3-7,10H,1-2,8-9,11H2,(H2,19,23)(H,20,21). The maximum Gasteiger partial charge on any atom is 0.252 e. The molecular formula is C17H19FN4O. The zero-order chi connectivity index (χ0) is 16.2. The summed E-state index contributed by atoms with van der Waals surface area (Å²) in [6, 6.07) is 6.79. The number of nitrogens with two attached hydrogens (primary N) is 1. The van der Waals surface area contributed by atoms with Gasteiger partial charge in [0.05, 0.1) is 11.3 Å². The number of aromatic nitrogens is 1. The average Bonchev–Trinajstić information content (AvgIpc) is 3.08. The van der Waals surface area contributed by atoms with E-state index < -0.39 is 5.91 Å². The van der Waals surface area contributed by atoms with Crippen molar-refractivity contribution < 1.29 is 9.18 Å². The van der Waals surface area contributed by atoms with Crippen molar-refractivity contribution in [3.05, 3.63) is 53.6 Å². The first-order valence-corrected chi connectivity index (χ1v) is 7.67. The summed E-state index contributed by atoms with van der Waals surface area (Å²) in [6.07, 6.45) is 5.23. The number of amides is 1. The predicted molar refractivity (Wildman–Crippen MR) is 87.9 cm³/mol. The molecule has 1 saturated heterocycles. The monoisotopic (exact) mass is 314 g/mol. The third-order valence-corrected chi connectivity index (χ3v) is 4.08. The molecule has 1 aliphatic heterocycles. The molecule has 1 fully saturated rings. The molecule has 120 valence electrons. The highest BCUT2D eigenvalue weighted by Crippen LogP contribution is 2.27. The third-order valence-electron chi connectivity index (χ3n) is 4.08. The number of rotatable bonds is 5. The van der Waals surface area contributed by atoms with Gasteiger partial charge in [-0.1, -0.05) is 6.07 Å². The number of hydrogen-bond donors (Lipinski definition) is 2. The molecule has 1 aliphatic rings. The number of anilines is 2. The maximum absolute atomic E-state index is 14.3. The van der Waals surface area contributed by atoms with Crippen LogP contribution in [0.25, 0.3) is 0 Å². The smallest absolute Gasteiger partial charge is 0.252 e. The number of benzene rings is 1. The molecular weight excluding hydrogens is 295 g/mol. The van der Waals surface area contributed by atoms with Gasteiger partial charge in [0.1, 0.15) is 5.82 Å². The molecule has 0 aliphatic carbocycles. The van der Waals surface area contributed by atoms with Crippen LogP contribution in [0, 0.1) is 5.82 Å². The minimum absolute atomic E-state index is 0.253. The number of hydrogen-bond acceptors (Lipinski definition) is 4. The second kappa shape index (κ2) is 6.64. The normalized spacial score (nSPS) is 14.0. The van der Waals surface area contributed by atoms with E-state index in [2.05, 4.69) is 15.2 Å². The SMILES string of the molecule is NC(=O)c1cnccc1NCc1c(F)cccc1N1CCCC1. The Kier molecular flexibility index (Phi) is 4.41. The van der Waals surface area contributed by atoms with Gasteiger partial charge < -0.3 is 16.0 Å². The highest BCUT2D eigenvalue weighted by Gasteiger charge is 2.18. The topological polar surface area (TPSA) is 71.2 Å². The fourth-order valence-corrected chi connectivity index (χ4v) is 2.91. The Balaban J connectivity index is 1.85. The summed E-state index contributed by atoms with van der Waals surface area (Å²) in [6.45, 7) is 2.17. The molecule has 3 N–H and O–H groups in total. The van der Waals surface area contributed by atoms with Crippen LogP contribution in [0.15, 0.2) is 36.7 Å². The van der Waals surface area contributed by atoms with E-state index in [4.69, 9.17) is 5.73 Å². The Bertz CT molecular complexity index is 713. The van der Waals surface area contributed by atoms with E-state index in [-0.39, 0.29) is 12.4 Å². The Morgan fingerprint density at radius 1 is 1.30 bits per heavy atom. The summed E-state index contributed by atoms with van der Waals surface area (Å²) in [7, 11) is 0. The quantitative estimate of drug-likeness (QED) is 0.889. The summed E-state index contributed by atoms with van der Waals surface area (Å²) in [5.41, 5.74) is 7.70. The summed E-state index contributed by atoms with van der Waals surface area (Å²) in [4.78, 5) is 17.5. The molecule has 1 aromatic carbocycles. The molecule has 2 heterocycles. The van der Waals surface area contributed by atoms with Crippen molar-refractivity contribution in [2.45, 2.75) is 19.4 Å². The molecule has 0 bridgehead atoms. The number of halogens is 1. The summed E-state index contributed by atoms with van der Waals surface area (Å²) < 4.78 is 14.3. The van der Waals surface area contributed by atoms with Crippen molar-refractivity contribution in [3.8, 4) is 0 Å². The van der Waals surface area contributed by atoms with Crippen LogP contribution in [-0.4, -0.2) is 24.0 Å². The highest BCUT2D eigenvalue weighted by atomic mass is 19.1. The Morgan fingerprint density at radius 2 is 2.09 bits per heavy atom. The van der Waals surface area contributed by atoms with E-state index in [1.807, 2.05) is 6.07 Å². The van der Waals surface area contributed by atoms with E-state index in [0.717, 1.165) is 31.6 Å². The van der Waals surface area contributed by atoms with Crippen LogP contribution in [0.1, 0.15) is 28.8 Å². The van der Waals surface area contributed by atoms with Crippen molar-refractivity contribution in [2.24, 2.45) is 5.73 Å². The lowest BCUT2D eigenvalue weighted by atomic mass is 10.1. The van der Waals surface area contributed by atoms with Gasteiger partial charge >= 0.3 is 0 Å². The Hall–Kier alpha value is -2.63. The largest absolute Gasteiger partial charge is 0.380 e. The molecule has 3 rings (SSSR count). The van der Waals surface area contributed by atoms with Crippen LogP contribution < -0.4 is 16.0 Å². The molecule has 23 heavy (non-hydrogen) atoms. The van der Waals surface area contributed by atoms with Crippen molar-refractivity contribution >= 4 is 17.3 Å². The number of carbonyl (C=O) groups is 1. The number of carbonyl (C=O) groups excluding carboxylic acids is 1. The predicted octanol–water partition coefficient (Wildman–Crippen LogP) is 2.53. The fourth-order valence-electron chi connectivity index (χ4n) is 2.91. The zero-order valence-electron chi connectivity index (χ0n) is 12.8. The molecule has 0 atom stereocenters. The summed E-state index contributed by atoms with van der Waals surface area (Å²) in [5, 5.41) is 3.11. The number of pyridine rings is 1. The van der Waals surface area contributed by atoms with E-state index in [1.165, 1.54) is 12.3 Å². The minimum Gasteiger partial charge on any atom is -0.380 e. The summed E-state index contributed by atoms with van der Waals surface area (Å²) in [5.74, 6) is -0.814. The van der Waals surface area contributed by atoms with Gasteiger partial charge in [0, 0.05) is 43.3 Å². The molecule has 6 heteroatoms. The van der Waals surface area contributed by atoms with Crippen LogP contribution in [0.4, 0.5) is 15.8 Å². The second-order valence-electron chi connectivity index (χ2n) is 5.57. The lowest BCUT2D eigenvalue weighted by molar-refractivity contribution is 0.100. The molecule has 0 spiro atoms. The van der Waals surface area contributed by atoms with Gasteiger partial charge in [0.2, 0.25) is 0 Å². The van der Waals surface area contributed by atoms with Crippen molar-refractivity contribution in [3.63, 3.8) is 0 Å². The lowest BCUT2D eigenvalue weighted by Gasteiger charge is -2.22. The second-order valence-corrected chi connectivity index (χ2v) is 5.57. The van der Waals surface area contributed by atoms with Gasteiger partial charge in [-0.2, -0.15) is 0 Å². The van der Waals surface area contributed by atoms with Gasteiger partial charge in [0.25, 0.3) is 5.91 Å². The highest BCUT2D eigenvalue weighted by molar-refractivity contribution is 5.98. The van der Waals surface area contributed by atoms with Crippen LogP contribution in [0.3, 0.4) is 0 Å². The molecule has 0 unspecified atom stereocenters. The van der Waals surface area contributed by atoms with Crippen LogP contribution in [-0.2, 0) is 6.54 Å². The molecule has 5 nitrogen and oxygen atoms in total. The minimum atomic E-state index is -0.561. The van der Waals surface area contributed by atoms with Gasteiger partial charge in [-0.3, -0.25) is 9.78 Å². The average molecular weight is 314 g/mol. The van der Waals surface area contributed by atoms with Gasteiger partial charge in [-0.15, -0.1) is 0 Å². The van der Waals surface area contributed by atoms with E-state index >= 15 is 0 Å². The molecule has 1 amide bonds. The lowest BCUT2D eigenvalue weighted by Crippen LogP contribution is -2.21. The van der Waals surface area contributed by atoms with Gasteiger partial charge in [0.15, 0.2) is 0 Å². The van der Waals surface area contributed by atoms with E-state index in [9.17, 15) is 9.18 Å². The maximum atomic E-state index is 14.3. The van der Waals surface area contributed by atoms with E-state index in [1.54, 1.807) is 18.3 Å². The summed E-state index contributed by atoms with van der Waals surface area (Å²) >= 11 is 0. The number of nitrogens with zero attached hydrogens (tertiary/aromatic N) is 2. The Labute approximate surface area is 134 Å². The molecule has 0 radical (unpaired) electrons. The first kappa shape index (κ1) is 15.3. The molecule has 0 saturated carbocycles. The van der Waals surface area contributed by atoms with Crippen molar-refractivity contribution in [1.82, 2.24) is 4.98 Å². The van der Waals surface area contributed by atoms with Crippen LogP contribution in [0.5, 0.6) is 0 Å². The van der Waals surface area contributed by atoms with Crippen molar-refractivity contribution in [1.29, 1.82) is 0 Å². The first-order chi connectivity index (χ1) is 11.2. The molecule has 1 aromatic heterocycles. The third kappa shape index (κ3) is 3.26. The number of primary amides is 1. The van der Waals surface area contributed by atoms with E-state index in [0.29, 0.717) is 16.8 Å². The number of nitrogens with one attached hydrogen (secondary N) is 1. The van der Waals surface area contributed by atoms with Crippen molar-refractivity contribution in [2.75, 3.05) is 23.3 Å². The molecule has 2 aromatic rings.